The fourth-order valence-electron chi connectivity index (χ4n) is 4.45. The van der Waals surface area contributed by atoms with Crippen LogP contribution in [0.4, 0.5) is 4.39 Å². The standard InChI is InChI=1S/C30H37FN4O8/c1-5-41-25(36)11-10-22(16-20-12-13-32-27(20)37)33-29(39)24(15-19-6-8-21(31)9-7-19)42-30(40)26(17(2)3)34-28(38)23-14-18(4)43-35-23/h6-11,14,17,20,22,24,26H,5,12-13,15-16H2,1-4H3,(H,32,37)(H,33,39)(H,34,38)/b11-10+/t20-,22?,24-,26-/m0/s1. The molecule has 4 atom stereocenters. The molecule has 0 spiro atoms. The average Bonchev–Trinajstić information content (AvgIpc) is 3.58. The van der Waals surface area contributed by atoms with Crippen LogP contribution in [-0.2, 0) is 35.1 Å². The Morgan fingerprint density at radius 3 is 2.49 bits per heavy atom. The van der Waals surface area contributed by atoms with Crippen molar-refractivity contribution in [1.29, 1.82) is 0 Å². The van der Waals surface area contributed by atoms with E-state index >= 15 is 0 Å². The molecule has 1 aromatic heterocycles. The van der Waals surface area contributed by atoms with Gasteiger partial charge in [-0.1, -0.05) is 37.2 Å². The third-order valence-electron chi connectivity index (χ3n) is 6.73. The second-order valence-corrected chi connectivity index (χ2v) is 10.5. The molecule has 2 heterocycles. The van der Waals surface area contributed by atoms with Gasteiger partial charge in [0.05, 0.1) is 6.61 Å². The molecule has 3 N–H and O–H groups in total. The monoisotopic (exact) mass is 600 g/mol. The number of carbonyl (C=O) groups is 5. The Labute approximate surface area is 248 Å². The van der Waals surface area contributed by atoms with E-state index in [9.17, 15) is 28.4 Å². The quantitative estimate of drug-likeness (QED) is 0.218. The molecule has 0 radical (unpaired) electrons. The molecule has 2 aromatic rings. The van der Waals surface area contributed by atoms with E-state index in [2.05, 4.69) is 21.1 Å². The van der Waals surface area contributed by atoms with Gasteiger partial charge in [0.15, 0.2) is 11.8 Å². The maximum absolute atomic E-state index is 13.6. The molecule has 232 valence electrons. The highest BCUT2D eigenvalue weighted by Crippen LogP contribution is 2.18. The Kier molecular flexibility index (Phi) is 12.0. The summed E-state index contributed by atoms with van der Waals surface area (Å²) >= 11 is 0. The summed E-state index contributed by atoms with van der Waals surface area (Å²) in [7, 11) is 0. The summed E-state index contributed by atoms with van der Waals surface area (Å²) in [5.74, 6) is -3.95. The summed E-state index contributed by atoms with van der Waals surface area (Å²) < 4.78 is 29.1. The molecular weight excluding hydrogens is 563 g/mol. The Morgan fingerprint density at radius 2 is 1.91 bits per heavy atom. The van der Waals surface area contributed by atoms with E-state index in [1.807, 2.05) is 0 Å². The molecule has 0 saturated carbocycles. The predicted molar refractivity (Wildman–Crippen MR) is 151 cm³/mol. The molecule has 3 rings (SSSR count). The van der Waals surface area contributed by atoms with E-state index in [4.69, 9.17) is 14.0 Å². The van der Waals surface area contributed by atoms with E-state index in [-0.39, 0.29) is 31.0 Å². The lowest BCUT2D eigenvalue weighted by atomic mass is 9.97. The van der Waals surface area contributed by atoms with Crippen LogP contribution in [0.1, 0.15) is 55.4 Å². The van der Waals surface area contributed by atoms with Crippen molar-refractivity contribution in [3.05, 3.63) is 65.3 Å². The summed E-state index contributed by atoms with van der Waals surface area (Å²) in [6, 6.07) is 4.83. The van der Waals surface area contributed by atoms with Crippen LogP contribution >= 0.6 is 0 Å². The number of esters is 2. The fraction of sp³-hybridized carbons (Fsp3) is 0.467. The summed E-state index contributed by atoms with van der Waals surface area (Å²) in [5, 5.41) is 11.7. The molecule has 0 aliphatic carbocycles. The molecule has 43 heavy (non-hydrogen) atoms. The number of nitrogens with zero attached hydrogens (tertiary/aromatic N) is 1. The topological polar surface area (TPSA) is 166 Å². The normalized spacial score (nSPS) is 16.8. The summed E-state index contributed by atoms with van der Waals surface area (Å²) in [4.78, 5) is 63.9. The van der Waals surface area contributed by atoms with Gasteiger partial charge in [0, 0.05) is 37.1 Å². The van der Waals surface area contributed by atoms with Crippen LogP contribution < -0.4 is 16.0 Å². The third-order valence-corrected chi connectivity index (χ3v) is 6.73. The van der Waals surface area contributed by atoms with Crippen molar-refractivity contribution in [1.82, 2.24) is 21.1 Å². The van der Waals surface area contributed by atoms with Gasteiger partial charge in [-0.2, -0.15) is 0 Å². The van der Waals surface area contributed by atoms with Crippen LogP contribution in [-0.4, -0.2) is 66.2 Å². The molecule has 1 unspecified atom stereocenters. The van der Waals surface area contributed by atoms with E-state index in [0.717, 1.165) is 6.08 Å². The lowest BCUT2D eigenvalue weighted by molar-refractivity contribution is -0.158. The van der Waals surface area contributed by atoms with Crippen molar-refractivity contribution < 1.29 is 42.4 Å². The molecule has 13 heteroatoms. The molecule has 3 amide bonds. The Hall–Kier alpha value is -4.55. The highest BCUT2D eigenvalue weighted by molar-refractivity contribution is 5.95. The minimum atomic E-state index is -1.40. The lowest BCUT2D eigenvalue weighted by Gasteiger charge is -2.26. The molecule has 1 saturated heterocycles. The first-order valence-electron chi connectivity index (χ1n) is 14.1. The number of ether oxygens (including phenoxy) is 2. The maximum Gasteiger partial charge on any atom is 0.330 e. The molecule has 1 aromatic carbocycles. The summed E-state index contributed by atoms with van der Waals surface area (Å²) in [6.07, 6.45) is 1.81. The average molecular weight is 601 g/mol. The fourth-order valence-corrected chi connectivity index (χ4v) is 4.45. The first-order valence-corrected chi connectivity index (χ1v) is 14.1. The zero-order valence-electron chi connectivity index (χ0n) is 24.6. The zero-order chi connectivity index (χ0) is 31.5. The van der Waals surface area contributed by atoms with Crippen LogP contribution in [0.5, 0.6) is 0 Å². The van der Waals surface area contributed by atoms with Crippen LogP contribution in [0.3, 0.4) is 0 Å². The van der Waals surface area contributed by atoms with Gasteiger partial charge in [0.1, 0.15) is 17.6 Å². The van der Waals surface area contributed by atoms with Crippen molar-refractivity contribution in [3.8, 4) is 0 Å². The molecular formula is C30H37FN4O8. The van der Waals surface area contributed by atoms with Crippen molar-refractivity contribution in [3.63, 3.8) is 0 Å². The zero-order valence-corrected chi connectivity index (χ0v) is 24.6. The van der Waals surface area contributed by atoms with Crippen LogP contribution in [0, 0.1) is 24.6 Å². The number of hydrogen-bond donors (Lipinski definition) is 3. The Morgan fingerprint density at radius 1 is 1.19 bits per heavy atom. The number of amides is 3. The maximum atomic E-state index is 13.6. The first-order chi connectivity index (χ1) is 20.5. The van der Waals surface area contributed by atoms with E-state index in [0.29, 0.717) is 24.3 Å². The third kappa shape index (κ3) is 10.0. The van der Waals surface area contributed by atoms with E-state index in [1.165, 1.54) is 36.4 Å². The van der Waals surface area contributed by atoms with Crippen molar-refractivity contribution >= 4 is 29.7 Å². The number of carbonyl (C=O) groups excluding carboxylic acids is 5. The SMILES string of the molecule is CCOC(=O)/C=C/C(C[C@@H]1CCNC1=O)NC(=O)[C@H](Cc1ccc(F)cc1)OC(=O)[C@@H](NC(=O)c1cc(C)on1)C(C)C. The highest BCUT2D eigenvalue weighted by Gasteiger charge is 2.33. The highest BCUT2D eigenvalue weighted by atomic mass is 19.1. The molecule has 1 aliphatic rings. The van der Waals surface area contributed by atoms with E-state index in [1.54, 1.807) is 27.7 Å². The molecule has 0 bridgehead atoms. The van der Waals surface area contributed by atoms with Gasteiger partial charge < -0.3 is 29.9 Å². The Bertz CT molecular complexity index is 1320. The predicted octanol–water partition coefficient (Wildman–Crippen LogP) is 2.16. The van der Waals surface area contributed by atoms with Crippen molar-refractivity contribution in [2.45, 2.75) is 65.1 Å². The van der Waals surface area contributed by atoms with Crippen molar-refractivity contribution in [2.75, 3.05) is 13.2 Å². The Balaban J connectivity index is 1.82. The largest absolute Gasteiger partial charge is 0.463 e. The number of aromatic nitrogens is 1. The van der Waals surface area contributed by atoms with Gasteiger partial charge >= 0.3 is 11.9 Å². The first kappa shape index (κ1) is 33.0. The molecule has 1 fully saturated rings. The number of aryl methyl sites for hydroxylation is 1. The number of hydrogen-bond acceptors (Lipinski definition) is 9. The van der Waals surface area contributed by atoms with Crippen LogP contribution in [0.15, 0.2) is 47.0 Å². The van der Waals surface area contributed by atoms with Gasteiger partial charge in [-0.15, -0.1) is 0 Å². The minimum Gasteiger partial charge on any atom is -0.463 e. The molecule has 12 nitrogen and oxygen atoms in total. The lowest BCUT2D eigenvalue weighted by Crippen LogP contribution is -2.50. The second-order valence-electron chi connectivity index (χ2n) is 10.5. The number of nitrogens with one attached hydrogen (secondary N) is 3. The van der Waals surface area contributed by atoms with Gasteiger partial charge in [-0.25, -0.2) is 14.0 Å². The van der Waals surface area contributed by atoms with Gasteiger partial charge in [0.2, 0.25) is 5.91 Å². The van der Waals surface area contributed by atoms with Gasteiger partial charge in [0.25, 0.3) is 11.8 Å². The number of halogens is 1. The number of rotatable bonds is 14. The van der Waals surface area contributed by atoms with E-state index < -0.39 is 59.6 Å². The number of benzene rings is 1. The molecule has 1 aliphatic heterocycles. The van der Waals surface area contributed by atoms with Crippen molar-refractivity contribution in [2.24, 2.45) is 11.8 Å². The minimum absolute atomic E-state index is 0.0243. The van der Waals surface area contributed by atoms with Crippen LogP contribution in [0.25, 0.3) is 0 Å². The van der Waals surface area contributed by atoms with Gasteiger partial charge in [-0.3, -0.25) is 14.4 Å². The second kappa shape index (κ2) is 15.6. The summed E-state index contributed by atoms with van der Waals surface area (Å²) in [5.41, 5.74) is 0.482. The van der Waals surface area contributed by atoms with Gasteiger partial charge in [-0.05, 0) is 50.3 Å². The smallest absolute Gasteiger partial charge is 0.330 e. The van der Waals surface area contributed by atoms with Crippen LogP contribution in [0.2, 0.25) is 0 Å². The summed E-state index contributed by atoms with van der Waals surface area (Å²) in [6.45, 7) is 7.31.